The van der Waals surface area contributed by atoms with Crippen molar-refractivity contribution in [3.63, 3.8) is 0 Å². The maximum Gasteiger partial charge on any atom is 0.264 e. The molecular weight excluding hydrogens is 639 g/mol. The highest BCUT2D eigenvalue weighted by Crippen LogP contribution is 2.34. The zero-order valence-electron chi connectivity index (χ0n) is 29.3. The zero-order chi connectivity index (χ0) is 35.1. The number of nitrogens with one attached hydrogen (secondary N) is 1. The molecule has 1 amide bonds. The summed E-state index contributed by atoms with van der Waals surface area (Å²) in [6, 6.07) is 13.2. The van der Waals surface area contributed by atoms with Gasteiger partial charge in [-0.2, -0.15) is 4.98 Å². The molecule has 258 valence electrons. The molecule has 49 heavy (non-hydrogen) atoms. The van der Waals surface area contributed by atoms with Crippen LogP contribution in [0.2, 0.25) is 0 Å². The lowest BCUT2D eigenvalue weighted by Gasteiger charge is -2.35. The molecule has 0 aliphatic carbocycles. The first-order valence-electron chi connectivity index (χ1n) is 16.7. The quantitative estimate of drug-likeness (QED) is 0.248. The minimum atomic E-state index is -4.17. The Balaban J connectivity index is 1.44. The molecular formula is C37H45N7O4S. The molecule has 0 saturated carbocycles. The van der Waals surface area contributed by atoms with Crippen LogP contribution in [-0.4, -0.2) is 63.9 Å². The molecule has 12 heteroatoms. The number of nitrogens with zero attached hydrogens (tertiary/aromatic N) is 6. The lowest BCUT2D eigenvalue weighted by molar-refractivity contribution is 0.0505. The highest BCUT2D eigenvalue weighted by molar-refractivity contribution is 7.92. The fraction of sp³-hybridized carbons (Fsp3) is 0.432. The summed E-state index contributed by atoms with van der Waals surface area (Å²) in [6.07, 6.45) is 6.43. The molecule has 2 aromatic heterocycles. The Hall–Kier alpha value is -4.58. The van der Waals surface area contributed by atoms with Crippen LogP contribution in [0, 0.1) is 19.3 Å². The van der Waals surface area contributed by atoms with Crippen molar-refractivity contribution in [3.8, 4) is 17.1 Å². The van der Waals surface area contributed by atoms with Gasteiger partial charge in [-0.05, 0) is 81.7 Å². The average molecular weight is 684 g/mol. The van der Waals surface area contributed by atoms with Crippen molar-refractivity contribution in [2.45, 2.75) is 90.7 Å². The molecule has 0 spiro atoms. The van der Waals surface area contributed by atoms with Gasteiger partial charge in [-0.1, -0.05) is 45.0 Å². The van der Waals surface area contributed by atoms with Crippen LogP contribution in [0.4, 0.5) is 11.6 Å². The number of carbonyl (C=O) groups excluding carboxylic acids is 1. The fourth-order valence-electron chi connectivity index (χ4n) is 6.85. The van der Waals surface area contributed by atoms with Gasteiger partial charge in [0.15, 0.2) is 0 Å². The topological polar surface area (TPSA) is 131 Å². The number of fused-ring (bicyclic) bond motifs is 4. The summed E-state index contributed by atoms with van der Waals surface area (Å²) in [5.41, 5.74) is 4.34. The number of benzene rings is 2. The van der Waals surface area contributed by atoms with Crippen LogP contribution in [0.3, 0.4) is 0 Å². The number of aryl methyl sites for hydroxylation is 2. The Morgan fingerprint density at radius 1 is 1.00 bits per heavy atom. The van der Waals surface area contributed by atoms with Crippen molar-refractivity contribution in [3.05, 3.63) is 83.4 Å². The van der Waals surface area contributed by atoms with E-state index in [0.717, 1.165) is 41.8 Å². The monoisotopic (exact) mass is 683 g/mol. The Labute approximate surface area is 289 Å². The molecule has 2 aromatic carbocycles. The van der Waals surface area contributed by atoms with Crippen molar-refractivity contribution in [1.82, 2.24) is 24.8 Å². The molecule has 4 aromatic rings. The highest BCUT2D eigenvalue weighted by atomic mass is 32.2. The average Bonchev–Trinajstić information content (AvgIpc) is 3.39. The number of aromatic nitrogens is 4. The Bertz CT molecular complexity index is 1950. The van der Waals surface area contributed by atoms with Crippen molar-refractivity contribution in [2.75, 3.05) is 22.8 Å². The summed E-state index contributed by atoms with van der Waals surface area (Å²) >= 11 is 0. The Morgan fingerprint density at radius 3 is 2.35 bits per heavy atom. The van der Waals surface area contributed by atoms with Crippen LogP contribution in [-0.2, 0) is 16.6 Å². The Kier molecular flexibility index (Phi) is 9.12. The number of rotatable bonds is 5. The van der Waals surface area contributed by atoms with Crippen molar-refractivity contribution in [2.24, 2.45) is 5.41 Å². The van der Waals surface area contributed by atoms with E-state index in [0.29, 0.717) is 17.9 Å². The van der Waals surface area contributed by atoms with E-state index in [2.05, 4.69) is 54.2 Å². The number of amides is 1. The molecule has 0 unspecified atom stereocenters. The molecule has 2 aliphatic heterocycles. The highest BCUT2D eigenvalue weighted by Gasteiger charge is 2.34. The summed E-state index contributed by atoms with van der Waals surface area (Å²) in [5.74, 6) is 0.197. The minimum Gasteiger partial charge on any atom is -0.475 e. The third-order valence-corrected chi connectivity index (χ3v) is 10.6. The second-order valence-electron chi connectivity index (χ2n) is 14.9. The van der Waals surface area contributed by atoms with Crippen LogP contribution >= 0.6 is 0 Å². The van der Waals surface area contributed by atoms with E-state index in [1.54, 1.807) is 23.1 Å². The van der Waals surface area contributed by atoms with Crippen molar-refractivity contribution >= 4 is 27.6 Å². The van der Waals surface area contributed by atoms with Gasteiger partial charge in [0.25, 0.3) is 15.9 Å². The summed E-state index contributed by atoms with van der Waals surface area (Å²) in [7, 11) is -4.17. The van der Waals surface area contributed by atoms with Gasteiger partial charge in [0.05, 0.1) is 41.3 Å². The van der Waals surface area contributed by atoms with Crippen LogP contribution in [0.1, 0.15) is 81.2 Å². The first-order chi connectivity index (χ1) is 23.1. The molecule has 11 nitrogen and oxygen atoms in total. The van der Waals surface area contributed by atoms with Gasteiger partial charge < -0.3 is 14.5 Å². The SMILES string of the molecule is Cc1cccc(C)c1-c1cc2nc(n1)NS(=O)(=O)c1cccc(c1)C(=O)N(Cc1ncc(N3CCCC3(C)C)cn1)[C@H](CC(C)(C)C)CO2. The molecule has 6 rings (SSSR count). The van der Waals surface area contributed by atoms with Gasteiger partial charge in [-0.25, -0.2) is 28.1 Å². The standard InChI is InChI=1S/C37H45N7O4S/c1-24-11-8-12-25(2)33(24)30-18-32-41-35(40-30)42-49(46,47)29-14-9-13-26(17-29)34(45)43(27(23-48-32)19-36(3,4)5)22-31-38-20-28(21-39-31)44-16-10-15-37(44,6)7/h8-9,11-14,17-18,20-21,27H,10,15-16,19,22-23H2,1-7H3,(H,40,41,42)/t27-/m1/s1. The van der Waals surface area contributed by atoms with Crippen LogP contribution in [0.5, 0.6) is 5.88 Å². The second kappa shape index (κ2) is 13.0. The van der Waals surface area contributed by atoms with Crippen LogP contribution in [0.15, 0.2) is 65.8 Å². The summed E-state index contributed by atoms with van der Waals surface area (Å²) in [6.45, 7) is 15.9. The summed E-state index contributed by atoms with van der Waals surface area (Å²) in [4.78, 5) is 36.9. The van der Waals surface area contributed by atoms with Gasteiger partial charge in [-0.3, -0.25) is 4.79 Å². The van der Waals surface area contributed by atoms with E-state index in [4.69, 9.17) is 14.7 Å². The third kappa shape index (κ3) is 7.54. The number of hydrogen-bond donors (Lipinski definition) is 1. The smallest absolute Gasteiger partial charge is 0.264 e. The van der Waals surface area contributed by atoms with E-state index >= 15 is 0 Å². The lowest BCUT2D eigenvalue weighted by Crippen LogP contribution is -2.45. The Morgan fingerprint density at radius 2 is 1.69 bits per heavy atom. The van der Waals surface area contributed by atoms with E-state index in [1.807, 2.05) is 44.4 Å². The van der Waals surface area contributed by atoms with Gasteiger partial charge in [0.1, 0.15) is 12.4 Å². The van der Waals surface area contributed by atoms with Crippen LogP contribution < -0.4 is 14.4 Å². The maximum atomic E-state index is 14.4. The number of anilines is 2. The number of hydrogen-bond acceptors (Lipinski definition) is 9. The predicted octanol–water partition coefficient (Wildman–Crippen LogP) is 6.57. The van der Waals surface area contributed by atoms with Crippen LogP contribution in [0.25, 0.3) is 11.3 Å². The lowest BCUT2D eigenvalue weighted by atomic mass is 9.87. The predicted molar refractivity (Wildman–Crippen MR) is 190 cm³/mol. The number of ether oxygens (including phenoxy) is 1. The summed E-state index contributed by atoms with van der Waals surface area (Å²) < 4.78 is 36.3. The van der Waals surface area contributed by atoms with E-state index in [9.17, 15) is 13.2 Å². The minimum absolute atomic E-state index is 0.0184. The molecule has 1 atom stereocenters. The van der Waals surface area contributed by atoms with Gasteiger partial charge in [-0.15, -0.1) is 0 Å². The largest absolute Gasteiger partial charge is 0.475 e. The van der Waals surface area contributed by atoms with Gasteiger partial charge >= 0.3 is 0 Å². The van der Waals surface area contributed by atoms with Crippen molar-refractivity contribution < 1.29 is 17.9 Å². The second-order valence-corrected chi connectivity index (χ2v) is 16.6. The molecule has 1 N–H and O–H groups in total. The fourth-order valence-corrected chi connectivity index (χ4v) is 7.84. The third-order valence-electron chi connectivity index (χ3n) is 9.25. The number of sulfonamides is 1. The summed E-state index contributed by atoms with van der Waals surface area (Å²) in [5, 5.41) is 0. The number of carbonyl (C=O) groups is 1. The van der Waals surface area contributed by atoms with Crippen molar-refractivity contribution in [1.29, 1.82) is 0 Å². The van der Waals surface area contributed by atoms with E-state index in [1.165, 1.54) is 12.1 Å². The molecule has 1 fully saturated rings. The molecule has 0 radical (unpaired) electrons. The molecule has 2 aliphatic rings. The maximum absolute atomic E-state index is 14.4. The first-order valence-corrected chi connectivity index (χ1v) is 18.2. The molecule has 4 heterocycles. The normalized spacial score (nSPS) is 18.9. The van der Waals surface area contributed by atoms with E-state index in [-0.39, 0.29) is 52.3 Å². The van der Waals surface area contributed by atoms with Gasteiger partial charge in [0, 0.05) is 29.3 Å². The molecule has 1 saturated heterocycles. The zero-order valence-corrected chi connectivity index (χ0v) is 30.1. The molecule has 4 bridgehead atoms. The van der Waals surface area contributed by atoms with Gasteiger partial charge in [0.2, 0.25) is 11.8 Å². The van der Waals surface area contributed by atoms with E-state index < -0.39 is 16.1 Å². The first kappa shape index (κ1) is 34.3.